The quantitative estimate of drug-likeness (QED) is 0.832. The van der Waals surface area contributed by atoms with Crippen LogP contribution < -0.4 is 5.73 Å². The molecule has 0 bridgehead atoms. The van der Waals surface area contributed by atoms with Gasteiger partial charge in [-0.25, -0.2) is 0 Å². The van der Waals surface area contributed by atoms with Gasteiger partial charge in [-0.05, 0) is 45.8 Å². The Morgan fingerprint density at radius 3 is 2.62 bits per heavy atom. The van der Waals surface area contributed by atoms with Gasteiger partial charge < -0.3 is 5.73 Å². The van der Waals surface area contributed by atoms with Gasteiger partial charge in [-0.15, -0.1) is 11.3 Å². The first-order valence-corrected chi connectivity index (χ1v) is 6.95. The molecule has 0 fully saturated rings. The van der Waals surface area contributed by atoms with Crippen LogP contribution in [-0.4, -0.2) is 0 Å². The van der Waals surface area contributed by atoms with Crippen molar-refractivity contribution < 1.29 is 0 Å². The summed E-state index contributed by atoms with van der Waals surface area (Å²) >= 11 is 17.0. The van der Waals surface area contributed by atoms with Crippen LogP contribution in [0.1, 0.15) is 16.5 Å². The maximum absolute atomic E-state index is 6.15. The van der Waals surface area contributed by atoms with E-state index in [1.807, 2.05) is 17.5 Å². The standard InChI is InChI=1S/C11H8BrCl2NS/c12-6-3-10(16-5-6)11(15)8-4-7(13)1-2-9(8)14/h1-5,11H,15H2. The van der Waals surface area contributed by atoms with E-state index in [1.165, 1.54) is 0 Å². The number of halogens is 3. The van der Waals surface area contributed by atoms with Gasteiger partial charge in [0.25, 0.3) is 0 Å². The average Bonchev–Trinajstić information content (AvgIpc) is 2.67. The zero-order valence-corrected chi connectivity index (χ0v) is 12.0. The molecule has 0 aliphatic rings. The third-order valence-electron chi connectivity index (χ3n) is 2.19. The molecule has 0 radical (unpaired) electrons. The number of nitrogens with two attached hydrogens (primary N) is 1. The molecular weight excluding hydrogens is 329 g/mol. The van der Waals surface area contributed by atoms with Crippen LogP contribution in [0.3, 0.4) is 0 Å². The van der Waals surface area contributed by atoms with E-state index in [4.69, 9.17) is 28.9 Å². The summed E-state index contributed by atoms with van der Waals surface area (Å²) in [4.78, 5) is 1.05. The van der Waals surface area contributed by atoms with E-state index in [9.17, 15) is 0 Å². The maximum atomic E-state index is 6.15. The lowest BCUT2D eigenvalue weighted by molar-refractivity contribution is 0.893. The Balaban J connectivity index is 2.40. The van der Waals surface area contributed by atoms with Crippen molar-refractivity contribution in [3.05, 3.63) is 54.6 Å². The topological polar surface area (TPSA) is 26.0 Å². The Hall–Kier alpha value is -0.0600. The Morgan fingerprint density at radius 2 is 2.00 bits per heavy atom. The molecule has 1 aromatic carbocycles. The molecule has 16 heavy (non-hydrogen) atoms. The number of thiophene rings is 1. The molecule has 1 atom stereocenters. The maximum Gasteiger partial charge on any atom is 0.0661 e. The summed E-state index contributed by atoms with van der Waals surface area (Å²) < 4.78 is 1.03. The normalized spacial score (nSPS) is 12.8. The second-order valence-electron chi connectivity index (χ2n) is 3.31. The summed E-state index contributed by atoms with van der Waals surface area (Å²) in [7, 11) is 0. The van der Waals surface area contributed by atoms with E-state index in [0.717, 1.165) is 14.9 Å². The van der Waals surface area contributed by atoms with Crippen molar-refractivity contribution in [2.24, 2.45) is 5.73 Å². The van der Waals surface area contributed by atoms with E-state index in [2.05, 4.69) is 15.9 Å². The molecular formula is C11H8BrCl2NS. The van der Waals surface area contributed by atoms with Gasteiger partial charge in [-0.2, -0.15) is 0 Å². The highest BCUT2D eigenvalue weighted by Crippen LogP contribution is 2.33. The minimum atomic E-state index is -0.234. The molecule has 0 saturated heterocycles. The second kappa shape index (κ2) is 5.07. The summed E-state index contributed by atoms with van der Waals surface area (Å²) in [6.07, 6.45) is 0. The molecule has 0 spiro atoms. The molecule has 2 aromatic rings. The van der Waals surface area contributed by atoms with Gasteiger partial charge in [0.1, 0.15) is 0 Å². The van der Waals surface area contributed by atoms with E-state index >= 15 is 0 Å². The van der Waals surface area contributed by atoms with Crippen molar-refractivity contribution in [3.63, 3.8) is 0 Å². The molecule has 0 aliphatic heterocycles. The molecule has 1 unspecified atom stereocenters. The third kappa shape index (κ3) is 2.60. The fourth-order valence-corrected chi connectivity index (χ4v) is 3.28. The molecule has 84 valence electrons. The molecule has 5 heteroatoms. The first kappa shape index (κ1) is 12.4. The highest BCUT2D eigenvalue weighted by atomic mass is 79.9. The van der Waals surface area contributed by atoms with Crippen LogP contribution >= 0.6 is 50.5 Å². The molecule has 1 heterocycles. The summed E-state index contributed by atoms with van der Waals surface area (Å²) in [5.41, 5.74) is 7.00. The SMILES string of the molecule is NC(c1cc(Br)cs1)c1cc(Cl)ccc1Cl. The van der Waals surface area contributed by atoms with Gasteiger partial charge in [-0.3, -0.25) is 0 Å². The molecule has 2 N–H and O–H groups in total. The Kier molecular flexibility index (Phi) is 3.93. The fraction of sp³-hybridized carbons (Fsp3) is 0.0909. The number of benzene rings is 1. The first-order valence-electron chi connectivity index (χ1n) is 4.52. The molecule has 1 aromatic heterocycles. The number of hydrogen-bond donors (Lipinski definition) is 1. The van der Waals surface area contributed by atoms with Gasteiger partial charge in [-0.1, -0.05) is 23.2 Å². The summed E-state index contributed by atoms with van der Waals surface area (Å²) in [5.74, 6) is 0. The van der Waals surface area contributed by atoms with Crippen LogP contribution in [0.5, 0.6) is 0 Å². The third-order valence-corrected chi connectivity index (χ3v) is 4.54. The zero-order chi connectivity index (χ0) is 11.7. The van der Waals surface area contributed by atoms with Gasteiger partial charge in [0.15, 0.2) is 0 Å². The van der Waals surface area contributed by atoms with Crippen LogP contribution in [0.4, 0.5) is 0 Å². The predicted octanol–water partition coefficient (Wildman–Crippen LogP) is 4.87. The monoisotopic (exact) mass is 335 g/mol. The van der Waals surface area contributed by atoms with E-state index < -0.39 is 0 Å². The molecule has 0 aliphatic carbocycles. The minimum Gasteiger partial charge on any atom is -0.320 e. The smallest absolute Gasteiger partial charge is 0.0661 e. The fourth-order valence-electron chi connectivity index (χ4n) is 1.40. The molecule has 0 saturated carbocycles. The van der Waals surface area contributed by atoms with Gasteiger partial charge >= 0.3 is 0 Å². The van der Waals surface area contributed by atoms with Crippen molar-refractivity contribution in [2.45, 2.75) is 6.04 Å². The number of rotatable bonds is 2. The van der Waals surface area contributed by atoms with Crippen LogP contribution in [0, 0.1) is 0 Å². The summed E-state index contributed by atoms with van der Waals surface area (Å²) in [6.45, 7) is 0. The molecule has 2 rings (SSSR count). The van der Waals surface area contributed by atoms with Crippen molar-refractivity contribution in [2.75, 3.05) is 0 Å². The molecule has 1 nitrogen and oxygen atoms in total. The first-order chi connectivity index (χ1) is 7.58. The lowest BCUT2D eigenvalue weighted by Crippen LogP contribution is -2.10. The van der Waals surface area contributed by atoms with Gasteiger partial charge in [0.05, 0.1) is 6.04 Å². The van der Waals surface area contributed by atoms with Crippen LogP contribution in [0.15, 0.2) is 34.1 Å². The lowest BCUT2D eigenvalue weighted by Gasteiger charge is -2.12. The highest BCUT2D eigenvalue weighted by Gasteiger charge is 2.14. The van der Waals surface area contributed by atoms with E-state index in [1.54, 1.807) is 23.5 Å². The summed E-state index contributed by atoms with van der Waals surface area (Å²) in [5, 5.41) is 3.28. The predicted molar refractivity (Wildman–Crippen MR) is 74.5 cm³/mol. The van der Waals surface area contributed by atoms with Crippen LogP contribution in [0.2, 0.25) is 10.0 Å². The Morgan fingerprint density at radius 1 is 1.25 bits per heavy atom. The summed E-state index contributed by atoms with van der Waals surface area (Å²) in [6, 6.07) is 7.09. The van der Waals surface area contributed by atoms with Crippen molar-refractivity contribution in [1.29, 1.82) is 0 Å². The van der Waals surface area contributed by atoms with Crippen LogP contribution in [0.25, 0.3) is 0 Å². The minimum absolute atomic E-state index is 0.234. The zero-order valence-electron chi connectivity index (χ0n) is 8.08. The van der Waals surface area contributed by atoms with E-state index in [-0.39, 0.29) is 6.04 Å². The second-order valence-corrected chi connectivity index (χ2v) is 6.01. The Bertz CT molecular complexity index is 512. The Labute approximate surface area is 116 Å². The van der Waals surface area contributed by atoms with Gasteiger partial charge in [0, 0.05) is 24.8 Å². The van der Waals surface area contributed by atoms with Gasteiger partial charge in [0.2, 0.25) is 0 Å². The van der Waals surface area contributed by atoms with Crippen molar-refractivity contribution in [3.8, 4) is 0 Å². The number of hydrogen-bond acceptors (Lipinski definition) is 2. The highest BCUT2D eigenvalue weighted by molar-refractivity contribution is 9.10. The van der Waals surface area contributed by atoms with E-state index in [0.29, 0.717) is 10.0 Å². The lowest BCUT2D eigenvalue weighted by atomic mass is 10.1. The largest absolute Gasteiger partial charge is 0.320 e. The van der Waals surface area contributed by atoms with Crippen molar-refractivity contribution in [1.82, 2.24) is 0 Å². The van der Waals surface area contributed by atoms with Crippen LogP contribution in [-0.2, 0) is 0 Å². The molecule has 0 amide bonds. The van der Waals surface area contributed by atoms with Crippen molar-refractivity contribution >= 4 is 50.5 Å². The average molecular weight is 337 g/mol.